The Bertz CT molecular complexity index is 410. The summed E-state index contributed by atoms with van der Waals surface area (Å²) < 4.78 is 46.8. The van der Waals surface area contributed by atoms with Gasteiger partial charge in [-0.2, -0.15) is 13.2 Å². The molecule has 0 aliphatic carbocycles. The Labute approximate surface area is 116 Å². The van der Waals surface area contributed by atoms with Gasteiger partial charge in [-0.1, -0.05) is 0 Å². The largest absolute Gasteiger partial charge is 0.490 e. The predicted molar refractivity (Wildman–Crippen MR) is 66.4 cm³/mol. The van der Waals surface area contributed by atoms with Crippen molar-refractivity contribution in [3.8, 4) is 11.5 Å². The summed E-state index contributed by atoms with van der Waals surface area (Å²) >= 11 is 8.82. The minimum Gasteiger partial charge on any atom is -0.490 e. The number of rotatable bonds is 5. The number of hydrogen-bond donors (Lipinski definition) is 0. The van der Waals surface area contributed by atoms with E-state index in [1.807, 2.05) is 0 Å². The molecule has 0 radical (unpaired) electrons. The molecule has 0 saturated heterocycles. The Morgan fingerprint density at radius 3 is 2.44 bits per heavy atom. The molecular weight excluding hydrogens is 336 g/mol. The second-order valence-electron chi connectivity index (χ2n) is 3.38. The summed E-state index contributed by atoms with van der Waals surface area (Å²) in [7, 11) is 0. The zero-order valence-corrected chi connectivity index (χ0v) is 11.8. The second kappa shape index (κ2) is 6.52. The van der Waals surface area contributed by atoms with Crippen molar-refractivity contribution in [1.29, 1.82) is 0 Å². The molecule has 1 aromatic carbocycles. The van der Waals surface area contributed by atoms with Gasteiger partial charge in [0.1, 0.15) is 0 Å². The summed E-state index contributed by atoms with van der Waals surface area (Å²) in [6, 6.07) is 3.16. The van der Waals surface area contributed by atoms with Crippen molar-refractivity contribution in [3.63, 3.8) is 0 Å². The Kier molecular flexibility index (Phi) is 5.59. The molecule has 0 atom stereocenters. The molecule has 2 nitrogen and oxygen atoms in total. The first-order chi connectivity index (χ1) is 8.37. The van der Waals surface area contributed by atoms with Crippen molar-refractivity contribution in [1.82, 2.24) is 0 Å². The summed E-state index contributed by atoms with van der Waals surface area (Å²) in [6.45, 7) is 0.682. The molecule has 0 aliphatic heterocycles. The maximum Gasteiger partial charge on any atom is 0.422 e. The Hall–Kier alpha value is -0.620. The van der Waals surface area contributed by atoms with Gasteiger partial charge in [-0.3, -0.25) is 0 Å². The van der Waals surface area contributed by atoms with Crippen LogP contribution in [-0.2, 0) is 5.88 Å². The van der Waals surface area contributed by atoms with Crippen LogP contribution in [0.2, 0.25) is 0 Å². The van der Waals surface area contributed by atoms with Crippen molar-refractivity contribution < 1.29 is 22.6 Å². The van der Waals surface area contributed by atoms with Crippen molar-refractivity contribution in [2.24, 2.45) is 0 Å². The fraction of sp³-hybridized carbons (Fsp3) is 0.455. The topological polar surface area (TPSA) is 18.5 Å². The molecule has 0 unspecified atom stereocenters. The Morgan fingerprint density at radius 1 is 1.28 bits per heavy atom. The molecule has 0 N–H and O–H groups in total. The maximum atomic E-state index is 12.1. The first-order valence-electron chi connectivity index (χ1n) is 5.08. The number of halogens is 5. The van der Waals surface area contributed by atoms with Gasteiger partial charge in [0.25, 0.3) is 0 Å². The van der Waals surface area contributed by atoms with Crippen LogP contribution in [-0.4, -0.2) is 19.4 Å². The molecule has 102 valence electrons. The van der Waals surface area contributed by atoms with Crippen LogP contribution in [0, 0.1) is 0 Å². The van der Waals surface area contributed by atoms with Crippen LogP contribution in [0.1, 0.15) is 12.5 Å². The summed E-state index contributed by atoms with van der Waals surface area (Å²) in [6.07, 6.45) is -4.39. The molecule has 0 amide bonds. The van der Waals surface area contributed by atoms with Crippen LogP contribution >= 0.6 is 27.5 Å². The Balaban J connectivity index is 3.00. The third kappa shape index (κ3) is 4.57. The number of alkyl halides is 4. The summed E-state index contributed by atoms with van der Waals surface area (Å²) in [5, 5.41) is 0. The molecule has 1 aromatic rings. The monoisotopic (exact) mass is 346 g/mol. The molecule has 0 aliphatic rings. The molecule has 18 heavy (non-hydrogen) atoms. The normalized spacial score (nSPS) is 11.4. The minimum absolute atomic E-state index is 0.0306. The second-order valence-corrected chi connectivity index (χ2v) is 4.50. The van der Waals surface area contributed by atoms with Gasteiger partial charge >= 0.3 is 6.18 Å². The lowest BCUT2D eigenvalue weighted by Gasteiger charge is -2.15. The van der Waals surface area contributed by atoms with E-state index >= 15 is 0 Å². The van der Waals surface area contributed by atoms with Crippen molar-refractivity contribution in [2.45, 2.75) is 19.0 Å². The molecule has 0 spiro atoms. The highest BCUT2D eigenvalue weighted by Gasteiger charge is 2.29. The fourth-order valence-corrected chi connectivity index (χ4v) is 2.01. The van der Waals surface area contributed by atoms with Crippen molar-refractivity contribution in [3.05, 3.63) is 22.2 Å². The van der Waals surface area contributed by atoms with Crippen LogP contribution in [0.25, 0.3) is 0 Å². The van der Waals surface area contributed by atoms with Crippen LogP contribution in [0.5, 0.6) is 11.5 Å². The molecule has 0 bridgehead atoms. The average Bonchev–Trinajstić information content (AvgIpc) is 2.26. The molecule has 0 saturated carbocycles. The first kappa shape index (κ1) is 15.4. The van der Waals surface area contributed by atoms with E-state index in [0.29, 0.717) is 11.1 Å². The van der Waals surface area contributed by atoms with Gasteiger partial charge in [0.15, 0.2) is 18.1 Å². The van der Waals surface area contributed by atoms with Crippen molar-refractivity contribution in [2.75, 3.05) is 13.2 Å². The summed E-state index contributed by atoms with van der Waals surface area (Å²) in [5.74, 6) is 0.507. The molecular formula is C11H11BrClF3O2. The first-order valence-corrected chi connectivity index (χ1v) is 6.41. The lowest BCUT2D eigenvalue weighted by molar-refractivity contribution is -0.153. The molecule has 0 heterocycles. The van der Waals surface area contributed by atoms with Gasteiger partial charge in [-0.25, -0.2) is 0 Å². The highest BCUT2D eigenvalue weighted by atomic mass is 79.9. The van der Waals surface area contributed by atoms with Gasteiger partial charge < -0.3 is 9.47 Å². The highest BCUT2D eigenvalue weighted by molar-refractivity contribution is 9.10. The highest BCUT2D eigenvalue weighted by Crippen LogP contribution is 2.38. The fourth-order valence-electron chi connectivity index (χ4n) is 1.26. The van der Waals surface area contributed by atoms with E-state index in [2.05, 4.69) is 15.9 Å². The molecule has 7 heteroatoms. The Morgan fingerprint density at radius 2 is 1.94 bits per heavy atom. The van der Waals surface area contributed by atoms with E-state index in [1.165, 1.54) is 0 Å². The number of benzene rings is 1. The van der Waals surface area contributed by atoms with Gasteiger partial charge in [0.05, 0.1) is 11.1 Å². The van der Waals surface area contributed by atoms with Crippen LogP contribution in [0.4, 0.5) is 13.2 Å². The summed E-state index contributed by atoms with van der Waals surface area (Å²) in [4.78, 5) is 0. The SMILES string of the molecule is CCOc1cc(CCl)cc(Br)c1OCC(F)(F)F. The zero-order chi connectivity index (χ0) is 13.8. The van der Waals surface area contributed by atoms with Crippen molar-refractivity contribution >= 4 is 27.5 Å². The average molecular weight is 348 g/mol. The lowest BCUT2D eigenvalue weighted by Crippen LogP contribution is -2.19. The van der Waals surface area contributed by atoms with E-state index in [9.17, 15) is 13.2 Å². The third-order valence-corrected chi connectivity index (χ3v) is 2.80. The number of hydrogen-bond acceptors (Lipinski definition) is 2. The van der Waals surface area contributed by atoms with E-state index < -0.39 is 12.8 Å². The van der Waals surface area contributed by atoms with Gasteiger partial charge in [-0.05, 0) is 40.5 Å². The molecule has 1 rings (SSSR count). The summed E-state index contributed by atoms with van der Waals surface area (Å²) in [5.41, 5.74) is 0.728. The van der Waals surface area contributed by atoms with Crippen LogP contribution < -0.4 is 9.47 Å². The van der Waals surface area contributed by atoms with Crippen LogP contribution in [0.3, 0.4) is 0 Å². The van der Waals surface area contributed by atoms with Crippen LogP contribution in [0.15, 0.2) is 16.6 Å². The lowest BCUT2D eigenvalue weighted by atomic mass is 10.2. The molecule has 0 fully saturated rings. The predicted octanol–water partition coefficient (Wildman–Crippen LogP) is 4.53. The maximum absolute atomic E-state index is 12.1. The smallest absolute Gasteiger partial charge is 0.422 e. The van der Waals surface area contributed by atoms with E-state index in [1.54, 1.807) is 19.1 Å². The minimum atomic E-state index is -4.39. The zero-order valence-electron chi connectivity index (χ0n) is 9.48. The standard InChI is InChI=1S/C11H11BrClF3O2/c1-2-17-9-4-7(5-13)3-8(12)10(9)18-6-11(14,15)16/h3-4H,2,5-6H2,1H3. The molecule has 0 aromatic heterocycles. The van der Waals surface area contributed by atoms with Gasteiger partial charge in [0, 0.05) is 5.88 Å². The number of ether oxygens (including phenoxy) is 2. The van der Waals surface area contributed by atoms with Gasteiger partial charge in [-0.15, -0.1) is 11.6 Å². The van der Waals surface area contributed by atoms with Gasteiger partial charge in [0.2, 0.25) is 0 Å². The van der Waals surface area contributed by atoms with E-state index in [-0.39, 0.29) is 17.4 Å². The van der Waals surface area contributed by atoms with E-state index in [0.717, 1.165) is 5.56 Å². The van der Waals surface area contributed by atoms with E-state index in [4.69, 9.17) is 21.1 Å². The third-order valence-electron chi connectivity index (χ3n) is 1.90. The quantitative estimate of drug-likeness (QED) is 0.729.